The molecule has 0 saturated carbocycles. The molecular weight excluding hydrogens is 568 g/mol. The second-order valence-electron chi connectivity index (χ2n) is 10.5. The summed E-state index contributed by atoms with van der Waals surface area (Å²) in [4.78, 5) is 13.1. The van der Waals surface area contributed by atoms with Crippen molar-refractivity contribution in [3.63, 3.8) is 0 Å². The number of ether oxygens (including phenoxy) is 3. The molecule has 6 aromatic rings. The van der Waals surface area contributed by atoms with E-state index in [-0.39, 0.29) is 0 Å². The molecule has 0 aliphatic carbocycles. The number of thiophene rings is 1. The van der Waals surface area contributed by atoms with E-state index in [0.29, 0.717) is 12.2 Å². The number of carboxylic acid groups (broad SMARTS) is 1. The highest BCUT2D eigenvalue weighted by molar-refractivity contribution is 7.19. The maximum absolute atomic E-state index is 11.9. The van der Waals surface area contributed by atoms with Gasteiger partial charge in [0.2, 0.25) is 0 Å². The van der Waals surface area contributed by atoms with Crippen LogP contribution in [0.2, 0.25) is 0 Å². The van der Waals surface area contributed by atoms with Crippen LogP contribution in [0.5, 0.6) is 17.2 Å². The molecule has 1 N–H and O–H groups in total. The lowest BCUT2D eigenvalue weighted by atomic mass is 9.96. The van der Waals surface area contributed by atoms with Gasteiger partial charge in [-0.05, 0) is 58.1 Å². The molecule has 1 aromatic heterocycles. The SMILES string of the molecule is COc1ccc(Cc2sc3ccccc3c2-c2ccc(-c3ccc(OC(Cc4ccccc4)C(=O)O)cc3)cc2)cc1OC. The third kappa shape index (κ3) is 6.31. The van der Waals surface area contributed by atoms with Gasteiger partial charge in [0.05, 0.1) is 14.2 Å². The van der Waals surface area contributed by atoms with E-state index in [0.717, 1.165) is 45.7 Å². The maximum atomic E-state index is 11.9. The van der Waals surface area contributed by atoms with Gasteiger partial charge in [-0.2, -0.15) is 0 Å². The molecular formula is C38H32O5S. The minimum Gasteiger partial charge on any atom is -0.493 e. The Balaban J connectivity index is 1.24. The Morgan fingerprint density at radius 3 is 2.02 bits per heavy atom. The summed E-state index contributed by atoms with van der Waals surface area (Å²) < 4.78 is 18.1. The summed E-state index contributed by atoms with van der Waals surface area (Å²) in [5.41, 5.74) is 6.57. The Labute approximate surface area is 260 Å². The Kier molecular flexibility index (Phi) is 8.62. The van der Waals surface area contributed by atoms with Gasteiger partial charge in [0, 0.05) is 33.4 Å². The quantitative estimate of drug-likeness (QED) is 0.161. The predicted molar refractivity (Wildman–Crippen MR) is 177 cm³/mol. The number of methoxy groups -OCH3 is 2. The first-order valence-corrected chi connectivity index (χ1v) is 15.2. The summed E-state index contributed by atoms with van der Waals surface area (Å²) in [5.74, 6) is 0.984. The second-order valence-corrected chi connectivity index (χ2v) is 11.6. The van der Waals surface area contributed by atoms with Crippen LogP contribution in [0.15, 0.2) is 121 Å². The van der Waals surface area contributed by atoms with Crippen molar-refractivity contribution >= 4 is 27.4 Å². The average molecular weight is 601 g/mol. The summed E-state index contributed by atoms with van der Waals surface area (Å²) in [6, 6.07) is 40.4. The van der Waals surface area contributed by atoms with Crippen molar-refractivity contribution in [1.29, 1.82) is 0 Å². The molecule has 1 unspecified atom stereocenters. The molecule has 5 aromatic carbocycles. The highest BCUT2D eigenvalue weighted by Crippen LogP contribution is 2.41. The van der Waals surface area contributed by atoms with Gasteiger partial charge < -0.3 is 19.3 Å². The maximum Gasteiger partial charge on any atom is 0.345 e. The van der Waals surface area contributed by atoms with E-state index >= 15 is 0 Å². The molecule has 6 rings (SSSR count). The van der Waals surface area contributed by atoms with Crippen molar-refractivity contribution in [2.24, 2.45) is 0 Å². The van der Waals surface area contributed by atoms with E-state index in [4.69, 9.17) is 14.2 Å². The Hall–Kier alpha value is -5.07. The van der Waals surface area contributed by atoms with E-state index in [9.17, 15) is 9.90 Å². The molecule has 0 amide bonds. The van der Waals surface area contributed by atoms with Crippen molar-refractivity contribution in [3.05, 3.63) is 137 Å². The molecule has 220 valence electrons. The van der Waals surface area contributed by atoms with Gasteiger partial charge in [0.15, 0.2) is 17.6 Å². The number of carboxylic acids is 1. The fourth-order valence-electron chi connectivity index (χ4n) is 5.44. The zero-order chi connectivity index (χ0) is 30.5. The summed E-state index contributed by atoms with van der Waals surface area (Å²) in [6.07, 6.45) is 0.112. The van der Waals surface area contributed by atoms with Crippen LogP contribution >= 0.6 is 11.3 Å². The number of hydrogen-bond acceptors (Lipinski definition) is 5. The van der Waals surface area contributed by atoms with Crippen LogP contribution in [0, 0.1) is 0 Å². The molecule has 0 bridgehead atoms. The number of rotatable bonds is 11. The first kappa shape index (κ1) is 29.0. The third-order valence-corrected chi connectivity index (χ3v) is 8.83. The van der Waals surface area contributed by atoms with Crippen LogP contribution in [0.3, 0.4) is 0 Å². The van der Waals surface area contributed by atoms with Crippen molar-refractivity contribution in [2.45, 2.75) is 18.9 Å². The number of benzene rings is 5. The van der Waals surface area contributed by atoms with Crippen molar-refractivity contribution in [1.82, 2.24) is 0 Å². The molecule has 1 heterocycles. The minimum atomic E-state index is -0.986. The molecule has 1 atom stereocenters. The molecule has 0 aliphatic rings. The zero-order valence-corrected chi connectivity index (χ0v) is 25.3. The standard InChI is InChI=1S/C38H32O5S/c1-41-32-21-12-26(23-33(32)42-2)24-36-37(31-10-6-7-11-35(31)44-36)29-15-13-27(14-16-29)28-17-19-30(20-18-28)43-34(38(39)40)22-25-8-4-3-5-9-25/h3-21,23,34H,22,24H2,1-2H3,(H,39,40). The Bertz CT molecular complexity index is 1880. The third-order valence-electron chi connectivity index (χ3n) is 7.66. The second kappa shape index (κ2) is 13.1. The van der Waals surface area contributed by atoms with Crippen LogP contribution in [-0.2, 0) is 17.6 Å². The molecule has 0 spiro atoms. The van der Waals surface area contributed by atoms with E-state index in [1.165, 1.54) is 20.5 Å². The van der Waals surface area contributed by atoms with Gasteiger partial charge >= 0.3 is 5.97 Å². The van der Waals surface area contributed by atoms with E-state index in [2.05, 4.69) is 54.6 Å². The van der Waals surface area contributed by atoms with Crippen LogP contribution < -0.4 is 14.2 Å². The fourth-order valence-corrected chi connectivity index (χ4v) is 6.70. The van der Waals surface area contributed by atoms with Gasteiger partial charge in [-0.3, -0.25) is 0 Å². The summed E-state index contributed by atoms with van der Waals surface area (Å²) in [6.45, 7) is 0. The van der Waals surface area contributed by atoms with Gasteiger partial charge in [-0.15, -0.1) is 11.3 Å². The molecule has 5 nitrogen and oxygen atoms in total. The molecule has 0 saturated heterocycles. The first-order chi connectivity index (χ1) is 21.5. The number of aliphatic carboxylic acids is 1. The lowest BCUT2D eigenvalue weighted by Gasteiger charge is -2.15. The van der Waals surface area contributed by atoms with Gasteiger partial charge in [0.25, 0.3) is 0 Å². The lowest BCUT2D eigenvalue weighted by molar-refractivity contribution is -0.145. The van der Waals surface area contributed by atoms with Crippen LogP contribution in [0.4, 0.5) is 0 Å². The fraction of sp³-hybridized carbons (Fsp3) is 0.132. The van der Waals surface area contributed by atoms with E-state index < -0.39 is 12.1 Å². The molecule has 0 radical (unpaired) electrons. The normalized spacial score (nSPS) is 11.7. The van der Waals surface area contributed by atoms with Gasteiger partial charge in [0.1, 0.15) is 5.75 Å². The summed E-state index contributed by atoms with van der Waals surface area (Å²) in [7, 11) is 3.31. The van der Waals surface area contributed by atoms with E-state index in [1.807, 2.05) is 78.1 Å². The topological polar surface area (TPSA) is 65.0 Å². The van der Waals surface area contributed by atoms with Crippen molar-refractivity contribution < 1.29 is 24.1 Å². The average Bonchev–Trinajstić information content (AvgIpc) is 3.43. The van der Waals surface area contributed by atoms with Crippen molar-refractivity contribution in [3.8, 4) is 39.5 Å². The minimum absolute atomic E-state index is 0.296. The summed E-state index contributed by atoms with van der Waals surface area (Å²) in [5, 5.41) is 11.0. The molecule has 0 fully saturated rings. The van der Waals surface area contributed by atoms with Gasteiger partial charge in [-0.1, -0.05) is 91.0 Å². The monoisotopic (exact) mass is 600 g/mol. The number of hydrogen-bond donors (Lipinski definition) is 1. The number of fused-ring (bicyclic) bond motifs is 1. The number of carbonyl (C=O) groups is 1. The highest BCUT2D eigenvalue weighted by atomic mass is 32.1. The largest absolute Gasteiger partial charge is 0.493 e. The highest BCUT2D eigenvalue weighted by Gasteiger charge is 2.20. The van der Waals surface area contributed by atoms with Gasteiger partial charge in [-0.25, -0.2) is 4.79 Å². The van der Waals surface area contributed by atoms with Crippen LogP contribution in [-0.4, -0.2) is 31.4 Å². The lowest BCUT2D eigenvalue weighted by Crippen LogP contribution is -2.29. The molecule has 44 heavy (non-hydrogen) atoms. The zero-order valence-electron chi connectivity index (χ0n) is 24.5. The summed E-state index contributed by atoms with van der Waals surface area (Å²) >= 11 is 1.82. The van der Waals surface area contributed by atoms with Crippen molar-refractivity contribution in [2.75, 3.05) is 14.2 Å². The molecule has 6 heteroatoms. The first-order valence-electron chi connectivity index (χ1n) is 14.4. The Morgan fingerprint density at radius 1 is 0.705 bits per heavy atom. The van der Waals surface area contributed by atoms with E-state index in [1.54, 1.807) is 14.2 Å². The smallest absolute Gasteiger partial charge is 0.345 e. The predicted octanol–water partition coefficient (Wildman–Crippen LogP) is 8.92. The van der Waals surface area contributed by atoms with Crippen LogP contribution in [0.25, 0.3) is 32.3 Å². The molecule has 0 aliphatic heterocycles. The van der Waals surface area contributed by atoms with Crippen LogP contribution in [0.1, 0.15) is 16.0 Å². The Morgan fingerprint density at radius 2 is 1.34 bits per heavy atom.